The molecule has 0 saturated heterocycles. The fraction of sp³-hybridized carbons (Fsp3) is 0.143. The Labute approximate surface area is 120 Å². The van der Waals surface area contributed by atoms with Gasteiger partial charge in [-0.15, -0.1) is 0 Å². The molecule has 0 spiro atoms. The van der Waals surface area contributed by atoms with E-state index < -0.39 is 0 Å². The van der Waals surface area contributed by atoms with Crippen LogP contribution in [0.25, 0.3) is 0 Å². The highest BCUT2D eigenvalue weighted by atomic mass is 79.9. The van der Waals surface area contributed by atoms with Crippen molar-refractivity contribution in [3.05, 3.63) is 51.5 Å². The van der Waals surface area contributed by atoms with E-state index in [0.717, 1.165) is 21.4 Å². The maximum absolute atomic E-state index is 6.06. The molecule has 0 atom stereocenters. The van der Waals surface area contributed by atoms with Crippen LogP contribution >= 0.6 is 27.5 Å². The second-order valence-electron chi connectivity index (χ2n) is 4.20. The van der Waals surface area contributed by atoms with Gasteiger partial charge < -0.3 is 10.6 Å². The average molecular weight is 326 g/mol. The maximum Gasteiger partial charge on any atom is 0.0645 e. The smallest absolute Gasteiger partial charge is 0.0645 e. The van der Waals surface area contributed by atoms with Crippen molar-refractivity contribution in [2.45, 2.75) is 6.92 Å². The third-order valence-electron chi connectivity index (χ3n) is 2.86. The summed E-state index contributed by atoms with van der Waals surface area (Å²) in [5.41, 5.74) is 9.74. The lowest BCUT2D eigenvalue weighted by atomic mass is 10.1. The third-order valence-corrected chi connectivity index (χ3v) is 3.77. The maximum atomic E-state index is 6.06. The van der Waals surface area contributed by atoms with Crippen molar-refractivity contribution in [3.8, 4) is 0 Å². The zero-order valence-electron chi connectivity index (χ0n) is 10.2. The fourth-order valence-electron chi connectivity index (χ4n) is 1.80. The molecule has 0 aliphatic rings. The lowest BCUT2D eigenvalue weighted by Gasteiger charge is -2.22. The summed E-state index contributed by atoms with van der Waals surface area (Å²) < 4.78 is 1.04. The van der Waals surface area contributed by atoms with E-state index in [9.17, 15) is 0 Å². The van der Waals surface area contributed by atoms with Crippen LogP contribution in [-0.4, -0.2) is 7.05 Å². The van der Waals surface area contributed by atoms with Crippen LogP contribution in [0.2, 0.25) is 5.02 Å². The fourth-order valence-corrected chi connectivity index (χ4v) is 2.36. The van der Waals surface area contributed by atoms with E-state index in [1.54, 1.807) is 6.07 Å². The summed E-state index contributed by atoms with van der Waals surface area (Å²) in [6.07, 6.45) is 0. The van der Waals surface area contributed by atoms with Gasteiger partial charge in [-0.05, 0) is 42.8 Å². The van der Waals surface area contributed by atoms with E-state index in [1.807, 2.05) is 49.2 Å². The Morgan fingerprint density at radius 1 is 1.22 bits per heavy atom. The van der Waals surface area contributed by atoms with Crippen molar-refractivity contribution >= 4 is 44.6 Å². The molecule has 2 nitrogen and oxygen atoms in total. The van der Waals surface area contributed by atoms with Gasteiger partial charge in [-0.1, -0.05) is 33.6 Å². The summed E-state index contributed by atoms with van der Waals surface area (Å²) in [4.78, 5) is 2.05. The number of nitrogens with zero attached hydrogens (tertiary/aromatic N) is 1. The lowest BCUT2D eigenvalue weighted by Crippen LogP contribution is -2.11. The van der Waals surface area contributed by atoms with Crippen LogP contribution < -0.4 is 10.6 Å². The van der Waals surface area contributed by atoms with Crippen molar-refractivity contribution in [1.82, 2.24) is 0 Å². The summed E-state index contributed by atoms with van der Waals surface area (Å²) in [7, 11) is 1.99. The van der Waals surface area contributed by atoms with Gasteiger partial charge in [0.2, 0.25) is 0 Å². The van der Waals surface area contributed by atoms with E-state index in [4.69, 9.17) is 17.3 Å². The predicted octanol–water partition coefficient (Wildman–Crippen LogP) is 4.76. The van der Waals surface area contributed by atoms with Gasteiger partial charge in [0.25, 0.3) is 0 Å². The summed E-state index contributed by atoms with van der Waals surface area (Å²) >= 11 is 9.52. The van der Waals surface area contributed by atoms with Gasteiger partial charge in [0.15, 0.2) is 0 Å². The minimum absolute atomic E-state index is 0.674. The molecule has 4 heteroatoms. The van der Waals surface area contributed by atoms with Crippen molar-refractivity contribution in [2.24, 2.45) is 0 Å². The van der Waals surface area contributed by atoms with Crippen molar-refractivity contribution in [3.63, 3.8) is 0 Å². The summed E-state index contributed by atoms with van der Waals surface area (Å²) in [6.45, 7) is 1.97. The predicted molar refractivity (Wildman–Crippen MR) is 82.8 cm³/mol. The second-order valence-corrected chi connectivity index (χ2v) is 5.52. The molecule has 2 rings (SSSR count). The second kappa shape index (κ2) is 5.21. The number of nitrogens with two attached hydrogens (primary N) is 1. The normalized spacial score (nSPS) is 10.4. The first-order valence-electron chi connectivity index (χ1n) is 5.54. The largest absolute Gasteiger partial charge is 0.397 e. The van der Waals surface area contributed by atoms with E-state index in [1.165, 1.54) is 0 Å². The highest BCUT2D eigenvalue weighted by Crippen LogP contribution is 2.33. The van der Waals surface area contributed by atoms with Crippen LogP contribution in [-0.2, 0) is 0 Å². The molecule has 0 fully saturated rings. The zero-order chi connectivity index (χ0) is 13.3. The lowest BCUT2D eigenvalue weighted by molar-refractivity contribution is 1.20. The van der Waals surface area contributed by atoms with E-state index in [-0.39, 0.29) is 0 Å². The number of hydrogen-bond donors (Lipinski definition) is 1. The number of nitrogen functional groups attached to an aromatic ring is 1. The van der Waals surface area contributed by atoms with Gasteiger partial charge >= 0.3 is 0 Å². The van der Waals surface area contributed by atoms with E-state index in [2.05, 4.69) is 15.9 Å². The number of aryl methyl sites for hydroxylation is 1. The monoisotopic (exact) mass is 324 g/mol. The summed E-state index contributed by atoms with van der Waals surface area (Å²) in [5.74, 6) is 0. The van der Waals surface area contributed by atoms with Crippen LogP contribution in [0.4, 0.5) is 17.1 Å². The van der Waals surface area contributed by atoms with Gasteiger partial charge in [0.1, 0.15) is 0 Å². The highest BCUT2D eigenvalue weighted by Gasteiger charge is 2.10. The molecular formula is C14H14BrClN2. The van der Waals surface area contributed by atoms with Crippen LogP contribution in [0.5, 0.6) is 0 Å². The van der Waals surface area contributed by atoms with Crippen LogP contribution in [0, 0.1) is 6.92 Å². The van der Waals surface area contributed by atoms with E-state index >= 15 is 0 Å². The van der Waals surface area contributed by atoms with Crippen molar-refractivity contribution < 1.29 is 0 Å². The molecule has 0 amide bonds. The zero-order valence-corrected chi connectivity index (χ0v) is 12.6. The van der Waals surface area contributed by atoms with Crippen molar-refractivity contribution in [2.75, 3.05) is 17.7 Å². The quantitative estimate of drug-likeness (QED) is 0.807. The average Bonchev–Trinajstić information content (AvgIpc) is 2.33. The molecule has 2 aromatic carbocycles. The first-order chi connectivity index (χ1) is 8.49. The standard InChI is InChI=1S/C14H14BrClN2/c1-9-6-14(13(17)8-12(9)16)18(2)11-5-3-4-10(15)7-11/h3-8H,17H2,1-2H3. The number of halogens is 2. The Morgan fingerprint density at radius 2 is 1.94 bits per heavy atom. The van der Waals surface area contributed by atoms with E-state index in [0.29, 0.717) is 10.7 Å². The number of anilines is 3. The van der Waals surface area contributed by atoms with Crippen molar-refractivity contribution in [1.29, 1.82) is 0 Å². The molecule has 0 aliphatic carbocycles. The molecule has 0 aromatic heterocycles. The Kier molecular flexibility index (Phi) is 3.83. The third kappa shape index (κ3) is 2.62. The number of rotatable bonds is 2. The SMILES string of the molecule is Cc1cc(N(C)c2cccc(Br)c2)c(N)cc1Cl. The first kappa shape index (κ1) is 13.2. The summed E-state index contributed by atoms with van der Waals surface area (Å²) in [5, 5.41) is 0.693. The topological polar surface area (TPSA) is 29.3 Å². The molecular weight excluding hydrogens is 312 g/mol. The molecule has 2 N–H and O–H groups in total. The molecule has 0 aliphatic heterocycles. The number of hydrogen-bond acceptors (Lipinski definition) is 2. The van der Waals surface area contributed by atoms with Gasteiger partial charge in [0.05, 0.1) is 11.4 Å². The number of benzene rings is 2. The van der Waals surface area contributed by atoms with Crippen LogP contribution in [0.1, 0.15) is 5.56 Å². The minimum Gasteiger partial charge on any atom is -0.397 e. The molecule has 94 valence electrons. The Balaban J connectivity index is 2.46. The Morgan fingerprint density at radius 3 is 2.61 bits per heavy atom. The van der Waals surface area contributed by atoms with Gasteiger partial charge in [-0.3, -0.25) is 0 Å². The van der Waals surface area contributed by atoms with Gasteiger partial charge in [0, 0.05) is 22.2 Å². The molecule has 0 unspecified atom stereocenters. The van der Waals surface area contributed by atoms with Crippen LogP contribution in [0.15, 0.2) is 40.9 Å². The van der Waals surface area contributed by atoms with Crippen LogP contribution in [0.3, 0.4) is 0 Å². The molecule has 18 heavy (non-hydrogen) atoms. The molecule has 0 radical (unpaired) electrons. The minimum atomic E-state index is 0.674. The highest BCUT2D eigenvalue weighted by molar-refractivity contribution is 9.10. The molecule has 0 heterocycles. The first-order valence-corrected chi connectivity index (χ1v) is 6.71. The van der Waals surface area contributed by atoms with Gasteiger partial charge in [-0.25, -0.2) is 0 Å². The summed E-state index contributed by atoms with van der Waals surface area (Å²) in [6, 6.07) is 11.9. The Bertz CT molecular complexity index is 584. The molecule has 0 saturated carbocycles. The molecule has 2 aromatic rings. The van der Waals surface area contributed by atoms with Gasteiger partial charge in [-0.2, -0.15) is 0 Å². The Hall–Kier alpha value is -1.19. The molecule has 0 bridgehead atoms.